The molecule has 0 saturated carbocycles. The maximum absolute atomic E-state index is 13.1. The Bertz CT molecular complexity index is 1040. The Kier molecular flexibility index (Phi) is 5.22. The molecule has 2 aliphatic rings. The number of ether oxygens (including phenoxy) is 1. The fourth-order valence-corrected chi connectivity index (χ4v) is 4.60. The highest BCUT2D eigenvalue weighted by Gasteiger charge is 2.35. The van der Waals surface area contributed by atoms with Crippen LogP contribution >= 0.6 is 24.0 Å². The largest absolute Gasteiger partial charge is 0.376 e. The second-order valence-corrected chi connectivity index (χ2v) is 8.58. The van der Waals surface area contributed by atoms with Crippen LogP contribution in [0.2, 0.25) is 0 Å². The molecule has 9 heteroatoms. The van der Waals surface area contributed by atoms with E-state index in [0.717, 1.165) is 19.4 Å². The number of rotatable bonds is 4. The first-order valence-electron chi connectivity index (χ1n) is 9.01. The number of aromatic nitrogens is 2. The number of hydrogen-bond acceptors (Lipinski definition) is 7. The Balaban J connectivity index is 1.74. The number of nitrogens with zero attached hydrogens (tertiary/aromatic N) is 4. The van der Waals surface area contributed by atoms with Crippen molar-refractivity contribution < 1.29 is 9.53 Å². The zero-order valence-corrected chi connectivity index (χ0v) is 17.3. The topological polar surface area (TPSA) is 67.2 Å². The summed E-state index contributed by atoms with van der Waals surface area (Å²) in [5.74, 6) is 0.327. The number of hydrogen-bond donors (Lipinski definition) is 0. The first kappa shape index (κ1) is 19.1. The van der Waals surface area contributed by atoms with Gasteiger partial charge in [-0.05, 0) is 31.1 Å². The van der Waals surface area contributed by atoms with Gasteiger partial charge < -0.3 is 9.64 Å². The van der Waals surface area contributed by atoms with Crippen LogP contribution in [-0.2, 0) is 9.53 Å². The molecule has 2 aromatic heterocycles. The lowest BCUT2D eigenvalue weighted by atomic mass is 10.2. The number of carbonyl (C=O) groups is 1. The van der Waals surface area contributed by atoms with E-state index in [1.807, 2.05) is 20.2 Å². The van der Waals surface area contributed by atoms with Gasteiger partial charge in [0.25, 0.3) is 11.5 Å². The van der Waals surface area contributed by atoms with Gasteiger partial charge in [-0.15, -0.1) is 0 Å². The smallest absolute Gasteiger partial charge is 0.267 e. The van der Waals surface area contributed by atoms with E-state index < -0.39 is 0 Å². The summed E-state index contributed by atoms with van der Waals surface area (Å²) in [5.41, 5.74) is 0.698. The van der Waals surface area contributed by atoms with E-state index in [0.29, 0.717) is 32.8 Å². The summed E-state index contributed by atoms with van der Waals surface area (Å²) in [6, 6.07) is 5.38. The van der Waals surface area contributed by atoms with Gasteiger partial charge in [0.1, 0.15) is 15.8 Å². The molecule has 2 saturated heterocycles. The van der Waals surface area contributed by atoms with Gasteiger partial charge >= 0.3 is 0 Å². The van der Waals surface area contributed by atoms with Crippen LogP contribution < -0.4 is 10.5 Å². The van der Waals surface area contributed by atoms with E-state index in [1.165, 1.54) is 16.2 Å². The molecule has 0 unspecified atom stereocenters. The molecule has 0 radical (unpaired) electrons. The lowest BCUT2D eigenvalue weighted by molar-refractivity contribution is -0.123. The Morgan fingerprint density at radius 1 is 1.39 bits per heavy atom. The normalized spacial score (nSPS) is 21.3. The highest BCUT2D eigenvalue weighted by atomic mass is 32.2. The quantitative estimate of drug-likeness (QED) is 0.559. The predicted octanol–water partition coefficient (Wildman–Crippen LogP) is 2.14. The molecular weight excluding hydrogens is 396 g/mol. The van der Waals surface area contributed by atoms with Crippen LogP contribution in [0.25, 0.3) is 11.7 Å². The van der Waals surface area contributed by atoms with Gasteiger partial charge in [0.2, 0.25) is 0 Å². The van der Waals surface area contributed by atoms with E-state index in [2.05, 4.69) is 4.98 Å². The molecule has 0 spiro atoms. The molecule has 4 rings (SSSR count). The minimum Gasteiger partial charge on any atom is -0.376 e. The molecule has 0 N–H and O–H groups in total. The molecule has 7 nitrogen and oxygen atoms in total. The molecule has 146 valence electrons. The average Bonchev–Trinajstić information content (AvgIpc) is 3.28. The van der Waals surface area contributed by atoms with Crippen molar-refractivity contribution in [3.8, 4) is 0 Å². The molecular formula is C19H20N4O3S2. The van der Waals surface area contributed by atoms with Crippen molar-refractivity contribution in [2.75, 3.05) is 32.1 Å². The standard InChI is InChI=1S/C19H20N4O3S2/c1-21(2)16-13(17(24)22-8-4-3-7-15(22)20-16)10-14-18(25)23(19(27)28-14)11-12-6-5-9-26-12/h3-4,7-8,10,12H,5-6,9,11H2,1-2H3/b14-10+/t12-/m1/s1. The number of fused-ring (bicyclic) bond motifs is 1. The second-order valence-electron chi connectivity index (χ2n) is 6.90. The number of amides is 1. The molecule has 2 aliphatic heterocycles. The SMILES string of the molecule is CN(C)c1nc2ccccn2c(=O)c1/C=C1/SC(=S)N(C[C@H]2CCCO2)C1=O. The summed E-state index contributed by atoms with van der Waals surface area (Å²) < 4.78 is 7.60. The van der Waals surface area contributed by atoms with Gasteiger partial charge in [0.15, 0.2) is 0 Å². The minimum atomic E-state index is -0.223. The monoisotopic (exact) mass is 416 g/mol. The number of pyridine rings is 1. The molecule has 0 aliphatic carbocycles. The zero-order chi connectivity index (χ0) is 19.8. The third-order valence-electron chi connectivity index (χ3n) is 4.73. The van der Waals surface area contributed by atoms with Crippen LogP contribution in [0.15, 0.2) is 34.1 Å². The number of carbonyl (C=O) groups excluding carboxylic acids is 1. The van der Waals surface area contributed by atoms with Gasteiger partial charge in [-0.3, -0.25) is 18.9 Å². The van der Waals surface area contributed by atoms with Gasteiger partial charge in [-0.25, -0.2) is 4.98 Å². The van der Waals surface area contributed by atoms with Gasteiger partial charge in [0, 0.05) is 26.9 Å². The molecule has 28 heavy (non-hydrogen) atoms. The van der Waals surface area contributed by atoms with Crippen LogP contribution in [0.1, 0.15) is 18.4 Å². The summed E-state index contributed by atoms with van der Waals surface area (Å²) in [5, 5.41) is 0. The first-order valence-corrected chi connectivity index (χ1v) is 10.2. The van der Waals surface area contributed by atoms with Crippen LogP contribution in [0, 0.1) is 0 Å². The molecule has 2 aromatic rings. The van der Waals surface area contributed by atoms with Crippen LogP contribution in [0.4, 0.5) is 5.82 Å². The zero-order valence-electron chi connectivity index (χ0n) is 15.6. The summed E-state index contributed by atoms with van der Waals surface area (Å²) in [7, 11) is 3.64. The van der Waals surface area contributed by atoms with Gasteiger partial charge in [-0.1, -0.05) is 30.0 Å². The minimum absolute atomic E-state index is 0.0205. The summed E-state index contributed by atoms with van der Waals surface area (Å²) in [4.78, 5) is 34.3. The summed E-state index contributed by atoms with van der Waals surface area (Å²) >= 11 is 6.62. The molecule has 1 atom stereocenters. The van der Waals surface area contributed by atoms with Crippen molar-refractivity contribution in [3.63, 3.8) is 0 Å². The van der Waals surface area contributed by atoms with E-state index in [-0.39, 0.29) is 17.6 Å². The van der Waals surface area contributed by atoms with Crippen LogP contribution in [-0.4, -0.2) is 57.9 Å². The maximum Gasteiger partial charge on any atom is 0.267 e. The first-order chi connectivity index (χ1) is 13.5. The second kappa shape index (κ2) is 7.65. The van der Waals surface area contributed by atoms with Crippen molar-refractivity contribution in [2.45, 2.75) is 18.9 Å². The molecule has 1 amide bonds. The fourth-order valence-electron chi connectivity index (χ4n) is 3.34. The van der Waals surface area contributed by atoms with Crippen molar-refractivity contribution in [2.24, 2.45) is 0 Å². The highest BCUT2D eigenvalue weighted by Crippen LogP contribution is 2.34. The predicted molar refractivity (Wildman–Crippen MR) is 115 cm³/mol. The Morgan fingerprint density at radius 3 is 2.93 bits per heavy atom. The maximum atomic E-state index is 13.1. The van der Waals surface area contributed by atoms with Crippen molar-refractivity contribution >= 4 is 51.7 Å². The van der Waals surface area contributed by atoms with Gasteiger partial charge in [-0.2, -0.15) is 0 Å². The van der Waals surface area contributed by atoms with E-state index in [1.54, 1.807) is 34.2 Å². The lowest BCUT2D eigenvalue weighted by Gasteiger charge is -2.18. The molecule has 4 heterocycles. The third-order valence-corrected chi connectivity index (χ3v) is 6.11. The summed E-state index contributed by atoms with van der Waals surface area (Å²) in [6.07, 6.45) is 5.23. The van der Waals surface area contributed by atoms with Crippen LogP contribution in [0.5, 0.6) is 0 Å². The number of thiocarbonyl (C=S) groups is 1. The Hall–Kier alpha value is -2.23. The van der Waals surface area contributed by atoms with Crippen molar-refractivity contribution in [3.05, 3.63) is 45.2 Å². The third kappa shape index (κ3) is 3.45. The number of thioether (sulfide) groups is 1. The molecule has 0 aromatic carbocycles. The summed E-state index contributed by atoms with van der Waals surface area (Å²) in [6.45, 7) is 1.18. The van der Waals surface area contributed by atoms with Gasteiger partial charge in [0.05, 0.1) is 23.1 Å². The fraction of sp³-hybridized carbons (Fsp3) is 0.368. The number of anilines is 1. The van der Waals surface area contributed by atoms with Crippen molar-refractivity contribution in [1.82, 2.24) is 14.3 Å². The lowest BCUT2D eigenvalue weighted by Crippen LogP contribution is -2.35. The molecule has 2 fully saturated rings. The van der Waals surface area contributed by atoms with E-state index in [4.69, 9.17) is 17.0 Å². The van der Waals surface area contributed by atoms with Crippen LogP contribution in [0.3, 0.4) is 0 Å². The molecule has 0 bridgehead atoms. The van der Waals surface area contributed by atoms with E-state index >= 15 is 0 Å². The van der Waals surface area contributed by atoms with E-state index in [9.17, 15) is 9.59 Å². The highest BCUT2D eigenvalue weighted by molar-refractivity contribution is 8.26. The van der Waals surface area contributed by atoms with Crippen molar-refractivity contribution in [1.29, 1.82) is 0 Å². The Labute approximate surface area is 172 Å². The Morgan fingerprint density at radius 2 is 2.21 bits per heavy atom. The average molecular weight is 417 g/mol.